The number of hydrogen-bond acceptors (Lipinski definition) is 3. The molecule has 0 saturated heterocycles. The molecule has 1 fully saturated rings. The maximum Gasteiger partial charge on any atom is 0.162 e. The Balaban J connectivity index is 2.06. The molecule has 1 aliphatic rings. The Morgan fingerprint density at radius 3 is 2.63 bits per heavy atom. The molecule has 0 aliphatic heterocycles. The predicted molar refractivity (Wildman–Crippen MR) is 81.0 cm³/mol. The fourth-order valence-corrected chi connectivity index (χ4v) is 2.99. The molecule has 0 radical (unpaired) electrons. The van der Waals surface area contributed by atoms with Crippen molar-refractivity contribution < 1.29 is 9.47 Å². The van der Waals surface area contributed by atoms with Gasteiger partial charge < -0.3 is 14.8 Å². The van der Waals surface area contributed by atoms with Gasteiger partial charge in [-0.3, -0.25) is 0 Å². The zero-order valence-electron chi connectivity index (χ0n) is 11.7. The van der Waals surface area contributed by atoms with Gasteiger partial charge in [-0.05, 0) is 37.5 Å². The van der Waals surface area contributed by atoms with Gasteiger partial charge in [-0.2, -0.15) is 0 Å². The van der Waals surface area contributed by atoms with Crippen molar-refractivity contribution in [2.75, 3.05) is 13.7 Å². The van der Waals surface area contributed by atoms with Crippen LogP contribution in [0, 0.1) is 0 Å². The summed E-state index contributed by atoms with van der Waals surface area (Å²) in [5.41, 5.74) is 1.22. The van der Waals surface area contributed by atoms with E-state index in [-0.39, 0.29) is 0 Å². The van der Waals surface area contributed by atoms with E-state index in [2.05, 4.69) is 27.3 Å². The molecular weight excluding hydrogens is 306 g/mol. The summed E-state index contributed by atoms with van der Waals surface area (Å²) < 4.78 is 12.0. The molecule has 19 heavy (non-hydrogen) atoms. The van der Waals surface area contributed by atoms with E-state index in [0.717, 1.165) is 22.5 Å². The van der Waals surface area contributed by atoms with Gasteiger partial charge in [0, 0.05) is 17.1 Å². The van der Waals surface area contributed by atoms with Crippen LogP contribution in [-0.2, 0) is 6.54 Å². The summed E-state index contributed by atoms with van der Waals surface area (Å²) in [5, 5.41) is 3.62. The lowest BCUT2D eigenvalue weighted by Crippen LogP contribution is -2.25. The molecule has 0 heterocycles. The van der Waals surface area contributed by atoms with Crippen molar-refractivity contribution in [2.24, 2.45) is 0 Å². The molecule has 106 valence electrons. The third kappa shape index (κ3) is 3.86. The van der Waals surface area contributed by atoms with Gasteiger partial charge >= 0.3 is 0 Å². The average molecular weight is 328 g/mol. The van der Waals surface area contributed by atoms with Gasteiger partial charge in [0.15, 0.2) is 11.5 Å². The van der Waals surface area contributed by atoms with Crippen LogP contribution < -0.4 is 14.8 Å². The lowest BCUT2D eigenvalue weighted by atomic mass is 10.1. The number of nitrogens with one attached hydrogen (secondary N) is 1. The summed E-state index contributed by atoms with van der Waals surface area (Å²) in [5.74, 6) is 1.59. The Labute approximate surface area is 123 Å². The average Bonchev–Trinajstić information content (AvgIpc) is 2.91. The molecular formula is C15H22BrNO2. The van der Waals surface area contributed by atoms with Gasteiger partial charge in [0.05, 0.1) is 13.7 Å². The van der Waals surface area contributed by atoms with Crippen molar-refractivity contribution in [3.8, 4) is 11.5 Å². The van der Waals surface area contributed by atoms with E-state index in [1.165, 1.54) is 31.2 Å². The third-order valence-electron chi connectivity index (χ3n) is 3.57. The summed E-state index contributed by atoms with van der Waals surface area (Å²) >= 11 is 3.61. The molecule has 2 rings (SSSR count). The van der Waals surface area contributed by atoms with E-state index >= 15 is 0 Å². The fourth-order valence-electron chi connectivity index (χ4n) is 2.52. The largest absolute Gasteiger partial charge is 0.493 e. The number of methoxy groups -OCH3 is 1. The summed E-state index contributed by atoms with van der Waals surface area (Å²) in [7, 11) is 1.68. The molecule has 3 nitrogen and oxygen atoms in total. The van der Waals surface area contributed by atoms with Gasteiger partial charge in [0.1, 0.15) is 0 Å². The second-order valence-electron chi connectivity index (χ2n) is 4.89. The molecule has 4 heteroatoms. The molecule has 0 amide bonds. The number of halogens is 1. The molecule has 0 unspecified atom stereocenters. The van der Waals surface area contributed by atoms with E-state index < -0.39 is 0 Å². The van der Waals surface area contributed by atoms with Crippen LogP contribution in [0.4, 0.5) is 0 Å². The zero-order chi connectivity index (χ0) is 13.7. The van der Waals surface area contributed by atoms with Crippen LogP contribution >= 0.6 is 15.9 Å². The SMILES string of the molecule is CCOc1cc(Br)c(CNC2CCCC2)cc1OC. The monoisotopic (exact) mass is 327 g/mol. The van der Waals surface area contributed by atoms with Crippen molar-refractivity contribution >= 4 is 15.9 Å². The maximum atomic E-state index is 5.57. The molecule has 1 aromatic rings. The number of rotatable bonds is 6. The van der Waals surface area contributed by atoms with Crippen LogP contribution in [0.5, 0.6) is 11.5 Å². The predicted octanol–water partition coefficient (Wildman–Crippen LogP) is 3.89. The standard InChI is InChI=1S/C15H22BrNO2/c1-3-19-15-9-13(16)11(8-14(15)18-2)10-17-12-6-4-5-7-12/h8-9,12,17H,3-7,10H2,1-2H3. The van der Waals surface area contributed by atoms with Gasteiger partial charge in [-0.1, -0.05) is 28.8 Å². The number of benzene rings is 1. The smallest absolute Gasteiger partial charge is 0.162 e. The lowest BCUT2D eigenvalue weighted by Gasteiger charge is -2.16. The maximum absolute atomic E-state index is 5.57. The van der Waals surface area contributed by atoms with Crippen LogP contribution in [0.15, 0.2) is 16.6 Å². The minimum Gasteiger partial charge on any atom is -0.493 e. The highest BCUT2D eigenvalue weighted by Gasteiger charge is 2.15. The van der Waals surface area contributed by atoms with Crippen molar-refractivity contribution in [1.82, 2.24) is 5.32 Å². The topological polar surface area (TPSA) is 30.5 Å². The van der Waals surface area contributed by atoms with Crippen molar-refractivity contribution in [1.29, 1.82) is 0 Å². The van der Waals surface area contributed by atoms with Crippen LogP contribution in [-0.4, -0.2) is 19.8 Å². The van der Waals surface area contributed by atoms with Crippen molar-refractivity contribution in [2.45, 2.75) is 45.2 Å². The highest BCUT2D eigenvalue weighted by atomic mass is 79.9. The van der Waals surface area contributed by atoms with Gasteiger partial charge in [0.25, 0.3) is 0 Å². The van der Waals surface area contributed by atoms with Crippen LogP contribution in [0.2, 0.25) is 0 Å². The first-order valence-corrected chi connectivity index (χ1v) is 7.76. The summed E-state index contributed by atoms with van der Waals surface area (Å²) in [6.45, 7) is 3.49. The first kappa shape index (κ1) is 14.7. The normalized spacial score (nSPS) is 15.7. The van der Waals surface area contributed by atoms with E-state index in [9.17, 15) is 0 Å². The number of hydrogen-bond donors (Lipinski definition) is 1. The fraction of sp³-hybridized carbons (Fsp3) is 0.600. The summed E-state index contributed by atoms with van der Waals surface area (Å²) in [6, 6.07) is 4.72. The van der Waals surface area contributed by atoms with E-state index in [1.54, 1.807) is 7.11 Å². The minimum atomic E-state index is 0.641. The summed E-state index contributed by atoms with van der Waals surface area (Å²) in [4.78, 5) is 0. The van der Waals surface area contributed by atoms with Gasteiger partial charge in [0.2, 0.25) is 0 Å². The van der Waals surface area contributed by atoms with E-state index in [1.807, 2.05) is 13.0 Å². The first-order chi connectivity index (χ1) is 9.24. The van der Waals surface area contributed by atoms with Crippen LogP contribution in [0.25, 0.3) is 0 Å². The Morgan fingerprint density at radius 2 is 2.00 bits per heavy atom. The van der Waals surface area contributed by atoms with Gasteiger partial charge in [-0.25, -0.2) is 0 Å². The molecule has 0 atom stereocenters. The van der Waals surface area contributed by atoms with Crippen molar-refractivity contribution in [3.63, 3.8) is 0 Å². The molecule has 0 spiro atoms. The highest BCUT2D eigenvalue weighted by molar-refractivity contribution is 9.10. The molecule has 0 bridgehead atoms. The summed E-state index contributed by atoms with van der Waals surface area (Å²) in [6.07, 6.45) is 5.30. The molecule has 1 aromatic carbocycles. The van der Waals surface area contributed by atoms with E-state index in [0.29, 0.717) is 12.6 Å². The Hall–Kier alpha value is -0.740. The van der Waals surface area contributed by atoms with Gasteiger partial charge in [-0.15, -0.1) is 0 Å². The minimum absolute atomic E-state index is 0.641. The highest BCUT2D eigenvalue weighted by Crippen LogP contribution is 2.33. The second kappa shape index (κ2) is 7.15. The van der Waals surface area contributed by atoms with Crippen LogP contribution in [0.1, 0.15) is 38.2 Å². The molecule has 1 N–H and O–H groups in total. The first-order valence-electron chi connectivity index (χ1n) is 6.97. The zero-order valence-corrected chi connectivity index (χ0v) is 13.3. The van der Waals surface area contributed by atoms with Crippen molar-refractivity contribution in [3.05, 3.63) is 22.2 Å². The van der Waals surface area contributed by atoms with E-state index in [4.69, 9.17) is 9.47 Å². The third-order valence-corrected chi connectivity index (χ3v) is 4.31. The quantitative estimate of drug-likeness (QED) is 0.859. The Bertz CT molecular complexity index is 417. The second-order valence-corrected chi connectivity index (χ2v) is 5.74. The number of ether oxygens (including phenoxy) is 2. The van der Waals surface area contributed by atoms with Crippen LogP contribution in [0.3, 0.4) is 0 Å². The Morgan fingerprint density at radius 1 is 1.26 bits per heavy atom. The lowest BCUT2D eigenvalue weighted by molar-refractivity contribution is 0.310. The molecule has 1 saturated carbocycles. The molecule has 1 aliphatic carbocycles. The Kier molecular flexibility index (Phi) is 5.52. The molecule has 0 aromatic heterocycles.